The van der Waals surface area contributed by atoms with E-state index in [1.807, 2.05) is 41.1 Å². The number of hydrogen-bond donors (Lipinski definition) is 0. The Hall–Kier alpha value is -3.21. The van der Waals surface area contributed by atoms with Crippen LogP contribution in [0.3, 0.4) is 0 Å². The first-order valence-corrected chi connectivity index (χ1v) is 7.48. The summed E-state index contributed by atoms with van der Waals surface area (Å²) in [6, 6.07) is 12.3. The SMILES string of the molecule is COc1ccc(F)c(-c2ncccc2-c2ccc3nccn3c2)c1. The summed E-state index contributed by atoms with van der Waals surface area (Å²) >= 11 is 0. The van der Waals surface area contributed by atoms with E-state index in [0.29, 0.717) is 17.0 Å². The van der Waals surface area contributed by atoms with Crippen molar-refractivity contribution in [3.63, 3.8) is 0 Å². The maximum Gasteiger partial charge on any atom is 0.136 e. The monoisotopic (exact) mass is 319 g/mol. The van der Waals surface area contributed by atoms with Gasteiger partial charge in [0.1, 0.15) is 17.2 Å². The highest BCUT2D eigenvalue weighted by Crippen LogP contribution is 2.33. The van der Waals surface area contributed by atoms with E-state index in [2.05, 4.69) is 9.97 Å². The molecule has 118 valence electrons. The number of benzene rings is 1. The fourth-order valence-corrected chi connectivity index (χ4v) is 2.75. The molecule has 0 atom stereocenters. The van der Waals surface area contributed by atoms with Gasteiger partial charge in [0.2, 0.25) is 0 Å². The van der Waals surface area contributed by atoms with Crippen LogP contribution in [0.4, 0.5) is 4.39 Å². The van der Waals surface area contributed by atoms with E-state index in [1.165, 1.54) is 6.07 Å². The van der Waals surface area contributed by atoms with Crippen molar-refractivity contribution < 1.29 is 9.13 Å². The summed E-state index contributed by atoms with van der Waals surface area (Å²) in [5, 5.41) is 0. The smallest absolute Gasteiger partial charge is 0.136 e. The number of methoxy groups -OCH3 is 1. The Morgan fingerprint density at radius 1 is 1.00 bits per heavy atom. The summed E-state index contributed by atoms with van der Waals surface area (Å²) in [7, 11) is 1.56. The number of ether oxygens (including phenoxy) is 1. The van der Waals surface area contributed by atoms with E-state index in [0.717, 1.165) is 16.8 Å². The van der Waals surface area contributed by atoms with Gasteiger partial charge in [0.05, 0.1) is 12.8 Å². The first kappa shape index (κ1) is 14.4. The molecule has 4 aromatic rings. The number of halogens is 1. The highest BCUT2D eigenvalue weighted by molar-refractivity contribution is 5.81. The van der Waals surface area contributed by atoms with Gasteiger partial charge in [0.25, 0.3) is 0 Å². The van der Waals surface area contributed by atoms with E-state index >= 15 is 0 Å². The third-order valence-electron chi connectivity index (χ3n) is 3.94. The lowest BCUT2D eigenvalue weighted by Crippen LogP contribution is -1.94. The van der Waals surface area contributed by atoms with Crippen molar-refractivity contribution in [2.75, 3.05) is 7.11 Å². The molecule has 0 aliphatic rings. The Balaban J connectivity index is 1.92. The van der Waals surface area contributed by atoms with Crippen molar-refractivity contribution in [3.05, 3.63) is 73.1 Å². The number of hydrogen-bond acceptors (Lipinski definition) is 3. The van der Waals surface area contributed by atoms with Crippen LogP contribution in [-0.2, 0) is 0 Å². The molecule has 0 radical (unpaired) electrons. The lowest BCUT2D eigenvalue weighted by Gasteiger charge is -2.11. The summed E-state index contributed by atoms with van der Waals surface area (Å²) < 4.78 is 21.5. The molecule has 3 aromatic heterocycles. The minimum absolute atomic E-state index is 0.334. The average molecular weight is 319 g/mol. The first-order valence-electron chi connectivity index (χ1n) is 7.48. The van der Waals surface area contributed by atoms with Crippen molar-refractivity contribution in [1.82, 2.24) is 14.4 Å². The molecule has 3 heterocycles. The van der Waals surface area contributed by atoms with Gasteiger partial charge < -0.3 is 9.14 Å². The van der Waals surface area contributed by atoms with Crippen molar-refractivity contribution >= 4 is 5.65 Å². The molecule has 0 fully saturated rings. The number of rotatable bonds is 3. The molecule has 0 N–H and O–H groups in total. The standard InChI is InChI=1S/C19H14FN3O/c1-24-14-5-6-17(20)16(11-14)19-15(3-2-8-22-19)13-4-7-18-21-9-10-23(18)12-13/h2-12H,1H3. The van der Waals surface area contributed by atoms with Crippen LogP contribution in [0, 0.1) is 5.82 Å². The Morgan fingerprint density at radius 2 is 1.92 bits per heavy atom. The van der Waals surface area contributed by atoms with Crippen LogP contribution in [0.15, 0.2) is 67.3 Å². The maximum absolute atomic E-state index is 14.4. The number of nitrogens with zero attached hydrogens (tertiary/aromatic N) is 3. The lowest BCUT2D eigenvalue weighted by atomic mass is 10.00. The molecule has 0 aliphatic heterocycles. The topological polar surface area (TPSA) is 39.4 Å². The number of fused-ring (bicyclic) bond motifs is 1. The molecule has 0 aliphatic carbocycles. The second kappa shape index (κ2) is 5.77. The Labute approximate surface area is 138 Å². The van der Waals surface area contributed by atoms with Crippen LogP contribution in [0.25, 0.3) is 28.0 Å². The van der Waals surface area contributed by atoms with Crippen molar-refractivity contribution in [1.29, 1.82) is 0 Å². The minimum Gasteiger partial charge on any atom is -0.497 e. The summed E-state index contributed by atoms with van der Waals surface area (Å²) in [5.74, 6) is 0.257. The number of imidazole rings is 1. The third kappa shape index (κ3) is 2.40. The van der Waals surface area contributed by atoms with E-state index in [9.17, 15) is 4.39 Å². The molecule has 0 saturated heterocycles. The van der Waals surface area contributed by atoms with Gasteiger partial charge in [-0.2, -0.15) is 0 Å². The molecular formula is C19H14FN3O. The first-order chi connectivity index (χ1) is 11.8. The van der Waals surface area contributed by atoms with Crippen LogP contribution in [0.5, 0.6) is 5.75 Å². The molecule has 0 unspecified atom stereocenters. The van der Waals surface area contributed by atoms with Crippen molar-refractivity contribution in [2.45, 2.75) is 0 Å². The van der Waals surface area contributed by atoms with Crippen LogP contribution in [0.1, 0.15) is 0 Å². The molecule has 24 heavy (non-hydrogen) atoms. The highest BCUT2D eigenvalue weighted by Gasteiger charge is 2.14. The van der Waals surface area contributed by atoms with Crippen LogP contribution in [0.2, 0.25) is 0 Å². The van der Waals surface area contributed by atoms with Gasteiger partial charge in [0.15, 0.2) is 0 Å². The van der Waals surface area contributed by atoms with Gasteiger partial charge in [-0.05, 0) is 36.4 Å². The highest BCUT2D eigenvalue weighted by atomic mass is 19.1. The second-order valence-electron chi connectivity index (χ2n) is 5.36. The molecule has 0 bridgehead atoms. The van der Waals surface area contributed by atoms with Crippen LogP contribution < -0.4 is 4.74 Å². The summed E-state index contributed by atoms with van der Waals surface area (Å²) in [5.41, 5.74) is 3.63. The Morgan fingerprint density at radius 3 is 2.79 bits per heavy atom. The fourth-order valence-electron chi connectivity index (χ4n) is 2.75. The zero-order chi connectivity index (χ0) is 16.5. The Kier molecular flexibility index (Phi) is 3.46. The summed E-state index contributed by atoms with van der Waals surface area (Å²) in [6.07, 6.45) is 7.24. The molecule has 0 saturated carbocycles. The van der Waals surface area contributed by atoms with Crippen LogP contribution >= 0.6 is 0 Å². The van der Waals surface area contributed by atoms with Gasteiger partial charge in [-0.15, -0.1) is 0 Å². The van der Waals surface area contributed by atoms with Crippen LogP contribution in [-0.4, -0.2) is 21.5 Å². The number of pyridine rings is 2. The van der Waals surface area contributed by atoms with Gasteiger partial charge in [-0.1, -0.05) is 6.07 Å². The molecular weight excluding hydrogens is 305 g/mol. The largest absolute Gasteiger partial charge is 0.497 e. The molecule has 4 nitrogen and oxygen atoms in total. The Bertz CT molecular complexity index is 1030. The molecule has 0 amide bonds. The zero-order valence-electron chi connectivity index (χ0n) is 13.0. The summed E-state index contributed by atoms with van der Waals surface area (Å²) in [4.78, 5) is 8.65. The molecule has 0 spiro atoms. The predicted molar refractivity (Wildman–Crippen MR) is 90.4 cm³/mol. The van der Waals surface area contributed by atoms with Crippen molar-refractivity contribution in [2.24, 2.45) is 0 Å². The van der Waals surface area contributed by atoms with Gasteiger partial charge in [0, 0.05) is 41.5 Å². The molecule has 1 aromatic carbocycles. The number of aromatic nitrogens is 3. The lowest BCUT2D eigenvalue weighted by molar-refractivity contribution is 0.414. The third-order valence-corrected chi connectivity index (χ3v) is 3.94. The molecule has 5 heteroatoms. The summed E-state index contributed by atoms with van der Waals surface area (Å²) in [6.45, 7) is 0. The van der Waals surface area contributed by atoms with E-state index in [1.54, 1.807) is 31.6 Å². The molecule has 4 rings (SSSR count). The normalized spacial score (nSPS) is 10.9. The van der Waals surface area contributed by atoms with E-state index < -0.39 is 0 Å². The fraction of sp³-hybridized carbons (Fsp3) is 0.0526. The predicted octanol–water partition coefficient (Wildman–Crippen LogP) is 4.21. The minimum atomic E-state index is -0.334. The van der Waals surface area contributed by atoms with E-state index in [4.69, 9.17) is 4.74 Å². The zero-order valence-corrected chi connectivity index (χ0v) is 13.0. The quantitative estimate of drug-likeness (QED) is 0.568. The van der Waals surface area contributed by atoms with Gasteiger partial charge >= 0.3 is 0 Å². The maximum atomic E-state index is 14.4. The van der Waals surface area contributed by atoms with Crippen molar-refractivity contribution in [3.8, 4) is 28.1 Å². The second-order valence-corrected chi connectivity index (χ2v) is 5.36. The average Bonchev–Trinajstić information content (AvgIpc) is 3.10. The van der Waals surface area contributed by atoms with E-state index in [-0.39, 0.29) is 5.82 Å². The van der Waals surface area contributed by atoms with Gasteiger partial charge in [-0.25, -0.2) is 9.37 Å². The van der Waals surface area contributed by atoms with Gasteiger partial charge in [-0.3, -0.25) is 4.98 Å².